The van der Waals surface area contributed by atoms with Gasteiger partial charge in [-0.15, -0.1) is 0 Å². The van der Waals surface area contributed by atoms with Crippen LogP contribution in [-0.2, 0) is 4.79 Å². The van der Waals surface area contributed by atoms with Crippen molar-refractivity contribution in [2.45, 2.75) is 51.0 Å². The normalized spacial score (nSPS) is 25.6. The molecule has 0 radical (unpaired) electrons. The van der Waals surface area contributed by atoms with E-state index in [2.05, 4.69) is 12.2 Å². The Balaban J connectivity index is 2.17. The second-order valence-electron chi connectivity index (χ2n) is 6.19. The minimum Gasteiger partial charge on any atom is -0.494 e. The van der Waals surface area contributed by atoms with Crippen LogP contribution in [0.3, 0.4) is 0 Å². The fourth-order valence-corrected chi connectivity index (χ4v) is 3.73. The predicted octanol–water partition coefficient (Wildman–Crippen LogP) is 3.10. The maximum Gasteiger partial charge on any atom is 0.327 e. The second kappa shape index (κ2) is 4.83. The van der Waals surface area contributed by atoms with E-state index in [9.17, 15) is 20.1 Å². The van der Waals surface area contributed by atoms with E-state index in [1.165, 1.54) is 4.57 Å². The highest BCUT2D eigenvalue weighted by molar-refractivity contribution is 5.74. The summed E-state index contributed by atoms with van der Waals surface area (Å²) in [5, 5.41) is 30.6. The molecule has 4 atom stereocenters. The Morgan fingerprint density at radius 2 is 1.71 bits per heavy atom. The first-order valence-electron chi connectivity index (χ1n) is 7.54. The van der Waals surface area contributed by atoms with E-state index in [0.717, 1.165) is 24.0 Å². The van der Waals surface area contributed by atoms with Gasteiger partial charge >= 0.3 is 5.97 Å². The molecule has 0 amide bonds. The molecule has 4 rings (SSSR count). The van der Waals surface area contributed by atoms with Crippen molar-refractivity contribution in [1.29, 1.82) is 0 Å². The number of hydrogen-bond donors (Lipinski definition) is 3. The molecule has 1 aromatic heterocycles. The topological polar surface area (TPSA) is 82.7 Å². The van der Waals surface area contributed by atoms with E-state index in [4.69, 9.17) is 0 Å². The molecule has 0 saturated carbocycles. The van der Waals surface area contributed by atoms with Gasteiger partial charge in [0.2, 0.25) is 0 Å². The van der Waals surface area contributed by atoms with Crippen LogP contribution in [0.2, 0.25) is 0 Å². The predicted molar refractivity (Wildman–Crippen MR) is 77.7 cm³/mol. The summed E-state index contributed by atoms with van der Waals surface area (Å²) in [6, 6.07) is -0.944. The second-order valence-corrected chi connectivity index (χ2v) is 6.19. The molecule has 1 aromatic rings. The summed E-state index contributed by atoms with van der Waals surface area (Å²) in [6.07, 6.45) is 6.64. The van der Waals surface area contributed by atoms with Crippen LogP contribution in [0, 0.1) is 5.92 Å². The first kappa shape index (κ1) is 14.0. The molecule has 21 heavy (non-hydrogen) atoms. The van der Waals surface area contributed by atoms with Crippen molar-refractivity contribution >= 4 is 5.97 Å². The molecule has 0 aromatic carbocycles. The highest BCUT2D eigenvalue weighted by Gasteiger charge is 2.41. The van der Waals surface area contributed by atoms with Crippen molar-refractivity contribution in [1.82, 2.24) is 4.57 Å². The average molecular weight is 291 g/mol. The number of carbonyl (C=O) groups is 1. The Bertz CT molecular complexity index is 579. The molecule has 114 valence electrons. The van der Waals surface area contributed by atoms with Crippen molar-refractivity contribution < 1.29 is 20.1 Å². The fourth-order valence-electron chi connectivity index (χ4n) is 3.73. The number of allylic oxidation sites excluding steroid dienone is 2. The van der Waals surface area contributed by atoms with E-state index in [-0.39, 0.29) is 29.5 Å². The Labute approximate surface area is 123 Å². The van der Waals surface area contributed by atoms with Gasteiger partial charge in [-0.05, 0) is 18.8 Å². The number of carboxylic acids is 1. The zero-order valence-electron chi connectivity index (χ0n) is 12.3. The quantitative estimate of drug-likeness (QED) is 0.744. The molecule has 3 aliphatic rings. The summed E-state index contributed by atoms with van der Waals surface area (Å²) in [5.41, 5.74) is 1.45. The average Bonchev–Trinajstić information content (AvgIpc) is 2.75. The lowest BCUT2D eigenvalue weighted by molar-refractivity contribution is -0.142. The van der Waals surface area contributed by atoms with Gasteiger partial charge in [0.15, 0.2) is 11.8 Å². The number of rotatable bonds is 4. The molecule has 3 aliphatic carbocycles. The van der Waals surface area contributed by atoms with E-state index in [1.54, 1.807) is 0 Å². The maximum absolute atomic E-state index is 11.6. The summed E-state index contributed by atoms with van der Waals surface area (Å²) < 4.78 is 1.22. The van der Waals surface area contributed by atoms with Crippen LogP contribution in [0.1, 0.15) is 62.1 Å². The maximum atomic E-state index is 11.6. The van der Waals surface area contributed by atoms with Crippen molar-refractivity contribution in [2.24, 2.45) is 5.92 Å². The molecule has 0 spiro atoms. The molecule has 5 nitrogen and oxygen atoms in total. The SMILES string of the molecule is CCC(C)C(C(=O)O)n1c(O)c2c(c1O)C1C=CC2CC1. The molecule has 2 bridgehead atoms. The van der Waals surface area contributed by atoms with Gasteiger partial charge in [0.1, 0.15) is 6.04 Å². The van der Waals surface area contributed by atoms with Gasteiger partial charge in [-0.1, -0.05) is 32.4 Å². The molecule has 5 heteroatoms. The lowest BCUT2D eigenvalue weighted by atomic mass is 9.73. The summed E-state index contributed by atoms with van der Waals surface area (Å²) in [7, 11) is 0. The van der Waals surface area contributed by atoms with Crippen molar-refractivity contribution in [3.8, 4) is 11.8 Å². The van der Waals surface area contributed by atoms with Gasteiger partial charge in [0.05, 0.1) is 0 Å². The number of hydrogen-bond acceptors (Lipinski definition) is 3. The molecule has 3 N–H and O–H groups in total. The number of carboxylic acid groups (broad SMARTS) is 1. The number of fused-ring (bicyclic) bond motifs is 1. The third-order valence-corrected chi connectivity index (χ3v) is 5.05. The number of aromatic nitrogens is 1. The highest BCUT2D eigenvalue weighted by Crippen LogP contribution is 2.54. The van der Waals surface area contributed by atoms with Crippen molar-refractivity contribution in [3.63, 3.8) is 0 Å². The first-order valence-corrected chi connectivity index (χ1v) is 7.54. The number of nitrogens with zero attached hydrogens (tertiary/aromatic N) is 1. The van der Waals surface area contributed by atoms with Gasteiger partial charge in [-0.25, -0.2) is 4.79 Å². The molecule has 0 aliphatic heterocycles. The molecular weight excluding hydrogens is 270 g/mol. The fraction of sp³-hybridized carbons (Fsp3) is 0.562. The van der Waals surface area contributed by atoms with Gasteiger partial charge in [0.25, 0.3) is 0 Å². The molecule has 0 fully saturated rings. The minimum absolute atomic E-state index is 0.0748. The molecule has 4 unspecified atom stereocenters. The van der Waals surface area contributed by atoms with Crippen LogP contribution >= 0.6 is 0 Å². The molecule has 1 heterocycles. The summed E-state index contributed by atoms with van der Waals surface area (Å²) in [4.78, 5) is 11.6. The lowest BCUT2D eigenvalue weighted by Gasteiger charge is -2.30. The van der Waals surface area contributed by atoms with Crippen LogP contribution in [0.4, 0.5) is 0 Å². The van der Waals surface area contributed by atoms with Crippen LogP contribution in [0.25, 0.3) is 0 Å². The van der Waals surface area contributed by atoms with E-state index >= 15 is 0 Å². The van der Waals surface area contributed by atoms with Crippen LogP contribution in [0.5, 0.6) is 11.8 Å². The minimum atomic E-state index is -1.03. The lowest BCUT2D eigenvalue weighted by Crippen LogP contribution is -2.25. The summed E-state index contributed by atoms with van der Waals surface area (Å²) >= 11 is 0. The summed E-state index contributed by atoms with van der Waals surface area (Å²) in [6.45, 7) is 3.73. The molecular formula is C16H21NO4. The standard InChI is InChI=1S/C16H21NO4/c1-3-8(2)13(16(20)21)17-14(18)11-9-4-5-10(7-6-9)12(11)15(17)19/h4-5,8-10,13,18-19H,3,6-7H2,1-2H3,(H,20,21). The Morgan fingerprint density at radius 1 is 1.24 bits per heavy atom. The Hall–Kier alpha value is -1.91. The van der Waals surface area contributed by atoms with E-state index in [0.29, 0.717) is 6.42 Å². The van der Waals surface area contributed by atoms with Crippen LogP contribution < -0.4 is 0 Å². The van der Waals surface area contributed by atoms with E-state index < -0.39 is 12.0 Å². The highest BCUT2D eigenvalue weighted by atomic mass is 16.4. The number of aliphatic carboxylic acids is 1. The van der Waals surface area contributed by atoms with Gasteiger partial charge in [0, 0.05) is 23.0 Å². The van der Waals surface area contributed by atoms with Gasteiger partial charge in [-0.2, -0.15) is 0 Å². The Morgan fingerprint density at radius 3 is 2.05 bits per heavy atom. The third kappa shape index (κ3) is 1.87. The zero-order chi connectivity index (χ0) is 15.3. The summed E-state index contributed by atoms with van der Waals surface area (Å²) in [5.74, 6) is -1.18. The van der Waals surface area contributed by atoms with Crippen molar-refractivity contribution in [3.05, 3.63) is 23.3 Å². The largest absolute Gasteiger partial charge is 0.494 e. The van der Waals surface area contributed by atoms with Crippen molar-refractivity contribution in [2.75, 3.05) is 0 Å². The van der Waals surface area contributed by atoms with E-state index in [1.807, 2.05) is 13.8 Å². The van der Waals surface area contributed by atoms with Gasteiger partial charge < -0.3 is 15.3 Å². The third-order valence-electron chi connectivity index (χ3n) is 5.05. The first-order chi connectivity index (χ1) is 9.97. The number of aromatic hydroxyl groups is 2. The van der Waals surface area contributed by atoms with Gasteiger partial charge in [-0.3, -0.25) is 4.57 Å². The van der Waals surface area contributed by atoms with Crippen LogP contribution in [-0.4, -0.2) is 25.9 Å². The van der Waals surface area contributed by atoms with Crippen LogP contribution in [0.15, 0.2) is 12.2 Å². The Kier molecular flexibility index (Phi) is 3.23. The monoisotopic (exact) mass is 291 g/mol. The smallest absolute Gasteiger partial charge is 0.327 e. The zero-order valence-corrected chi connectivity index (χ0v) is 12.3. The molecule has 0 saturated heterocycles.